The number of carbonyl (C=O) groups excluding carboxylic acids is 2. The molecule has 2 amide bonds. The van der Waals surface area contributed by atoms with E-state index >= 15 is 0 Å². The molecule has 1 aliphatic heterocycles. The first-order valence-electron chi connectivity index (χ1n) is 6.44. The van der Waals surface area contributed by atoms with Crippen LogP contribution in [0.2, 0.25) is 0 Å². The van der Waals surface area contributed by atoms with E-state index < -0.39 is 18.1 Å². The van der Waals surface area contributed by atoms with Crippen molar-refractivity contribution in [3.63, 3.8) is 0 Å². The molecule has 0 aromatic heterocycles. The van der Waals surface area contributed by atoms with E-state index in [1.165, 1.54) is 4.90 Å². The average molecular weight is 255 g/mol. The Balaban J connectivity index is 2.01. The molecule has 5 N–H and O–H groups in total. The Morgan fingerprint density at radius 3 is 2.50 bits per heavy atom. The van der Waals surface area contributed by atoms with Gasteiger partial charge in [-0.2, -0.15) is 0 Å². The van der Waals surface area contributed by atoms with Gasteiger partial charge in [0.1, 0.15) is 6.04 Å². The molecule has 6 heteroatoms. The molecule has 0 aromatic rings. The van der Waals surface area contributed by atoms with Crippen LogP contribution in [0.1, 0.15) is 32.1 Å². The third-order valence-corrected chi connectivity index (χ3v) is 4.30. The summed E-state index contributed by atoms with van der Waals surface area (Å²) in [6, 6.07) is -0.664. The van der Waals surface area contributed by atoms with Crippen molar-refractivity contribution < 1.29 is 14.7 Å². The molecule has 0 aromatic carbocycles. The molecule has 102 valence electrons. The van der Waals surface area contributed by atoms with Gasteiger partial charge in [-0.1, -0.05) is 6.42 Å². The van der Waals surface area contributed by atoms with Crippen LogP contribution in [-0.2, 0) is 9.59 Å². The monoisotopic (exact) mass is 255 g/mol. The number of β-amino-alcohol motifs (C(OH)–C–C–N with tert-alkyl or cyclic N) is 1. The van der Waals surface area contributed by atoms with Crippen LogP contribution in [0.3, 0.4) is 0 Å². The van der Waals surface area contributed by atoms with Crippen LogP contribution in [0.25, 0.3) is 0 Å². The van der Waals surface area contributed by atoms with Crippen molar-refractivity contribution in [2.45, 2.75) is 44.2 Å². The van der Waals surface area contributed by atoms with Gasteiger partial charge in [0.25, 0.3) is 0 Å². The highest BCUT2D eigenvalue weighted by molar-refractivity contribution is 5.87. The molecule has 2 rings (SSSR count). The molecule has 0 bridgehead atoms. The summed E-state index contributed by atoms with van der Waals surface area (Å²) in [5, 5.41) is 9.57. The first-order chi connectivity index (χ1) is 8.47. The summed E-state index contributed by atoms with van der Waals surface area (Å²) in [5.74, 6) is -0.657. The smallest absolute Gasteiger partial charge is 0.240 e. The number of aliphatic hydroxyl groups is 1. The van der Waals surface area contributed by atoms with Gasteiger partial charge in [-0.05, 0) is 24.8 Å². The summed E-state index contributed by atoms with van der Waals surface area (Å²) in [4.78, 5) is 24.9. The molecule has 0 spiro atoms. The third-order valence-electron chi connectivity index (χ3n) is 4.30. The Hall–Kier alpha value is -1.14. The molecule has 2 aliphatic rings. The van der Waals surface area contributed by atoms with Crippen LogP contribution < -0.4 is 11.5 Å². The number of likely N-dealkylation sites (tertiary alicyclic amines) is 1. The number of rotatable bonds is 4. The standard InChI is InChI=1S/C12H21N3O3/c13-7-12(2-1-3-12)5-10(17)15-6-8(16)4-9(15)11(14)18/h8-9,16H,1-7,13H2,(H2,14,18). The zero-order chi connectivity index (χ0) is 13.3. The summed E-state index contributed by atoms with van der Waals surface area (Å²) in [7, 11) is 0. The SMILES string of the molecule is NCC1(CC(=O)N2CC(O)CC2C(N)=O)CCC1. The maximum absolute atomic E-state index is 12.2. The lowest BCUT2D eigenvalue weighted by atomic mass is 9.66. The summed E-state index contributed by atoms with van der Waals surface area (Å²) < 4.78 is 0. The minimum atomic E-state index is -0.664. The van der Waals surface area contributed by atoms with Gasteiger partial charge in [-0.25, -0.2) is 0 Å². The predicted octanol–water partition coefficient (Wildman–Crippen LogP) is -1.05. The van der Waals surface area contributed by atoms with Crippen LogP contribution in [0.5, 0.6) is 0 Å². The van der Waals surface area contributed by atoms with Crippen LogP contribution in [-0.4, -0.2) is 47.1 Å². The lowest BCUT2D eigenvalue weighted by Crippen LogP contribution is -2.48. The van der Waals surface area contributed by atoms with Crippen molar-refractivity contribution in [1.29, 1.82) is 0 Å². The number of hydrogen-bond acceptors (Lipinski definition) is 4. The molecule has 2 atom stereocenters. The summed E-state index contributed by atoms with van der Waals surface area (Å²) >= 11 is 0. The third kappa shape index (κ3) is 2.35. The average Bonchev–Trinajstić information content (AvgIpc) is 2.66. The molecule has 0 radical (unpaired) electrons. The molecule has 1 heterocycles. The molecule has 1 aliphatic carbocycles. The Morgan fingerprint density at radius 2 is 2.06 bits per heavy atom. The summed E-state index contributed by atoms with van der Waals surface area (Å²) in [6.07, 6.45) is 2.99. The predicted molar refractivity (Wildman–Crippen MR) is 65.3 cm³/mol. The van der Waals surface area contributed by atoms with Gasteiger partial charge >= 0.3 is 0 Å². The largest absolute Gasteiger partial charge is 0.391 e. The maximum atomic E-state index is 12.2. The van der Waals surface area contributed by atoms with E-state index in [2.05, 4.69) is 0 Å². The highest BCUT2D eigenvalue weighted by Gasteiger charge is 2.43. The minimum Gasteiger partial charge on any atom is -0.391 e. The fourth-order valence-corrected chi connectivity index (χ4v) is 2.91. The van der Waals surface area contributed by atoms with Gasteiger partial charge in [-0.15, -0.1) is 0 Å². The highest BCUT2D eigenvalue weighted by atomic mass is 16.3. The maximum Gasteiger partial charge on any atom is 0.240 e. The summed E-state index contributed by atoms with van der Waals surface area (Å²) in [6.45, 7) is 0.698. The number of nitrogens with zero attached hydrogens (tertiary/aromatic N) is 1. The van der Waals surface area contributed by atoms with Crippen molar-refractivity contribution >= 4 is 11.8 Å². The molecule has 2 unspecified atom stereocenters. The normalized spacial score (nSPS) is 30.0. The van der Waals surface area contributed by atoms with E-state index in [0.29, 0.717) is 13.0 Å². The van der Waals surface area contributed by atoms with Gasteiger partial charge in [0.15, 0.2) is 0 Å². The lowest BCUT2D eigenvalue weighted by molar-refractivity contribution is -0.140. The molecule has 6 nitrogen and oxygen atoms in total. The van der Waals surface area contributed by atoms with Crippen LogP contribution in [0, 0.1) is 5.41 Å². The first kappa shape index (κ1) is 13.3. The molecular formula is C12H21N3O3. The van der Waals surface area contributed by atoms with Crippen molar-refractivity contribution in [2.24, 2.45) is 16.9 Å². The summed E-state index contributed by atoms with van der Waals surface area (Å²) in [5.41, 5.74) is 10.9. The quantitative estimate of drug-likeness (QED) is 0.595. The minimum absolute atomic E-state index is 0.0905. The second-order valence-corrected chi connectivity index (χ2v) is 5.59. The van der Waals surface area contributed by atoms with Gasteiger partial charge in [0.2, 0.25) is 11.8 Å². The van der Waals surface area contributed by atoms with Crippen LogP contribution in [0.4, 0.5) is 0 Å². The van der Waals surface area contributed by atoms with Crippen molar-refractivity contribution in [2.75, 3.05) is 13.1 Å². The Kier molecular flexibility index (Phi) is 3.59. The topological polar surface area (TPSA) is 110 Å². The molecular weight excluding hydrogens is 234 g/mol. The fourth-order valence-electron chi connectivity index (χ4n) is 2.91. The van der Waals surface area contributed by atoms with Crippen LogP contribution >= 0.6 is 0 Å². The van der Waals surface area contributed by atoms with Crippen LogP contribution in [0.15, 0.2) is 0 Å². The number of carbonyl (C=O) groups is 2. The molecule has 1 saturated carbocycles. The Bertz CT molecular complexity index is 349. The van der Waals surface area contributed by atoms with Crippen molar-refractivity contribution in [3.8, 4) is 0 Å². The second-order valence-electron chi connectivity index (χ2n) is 5.59. The lowest BCUT2D eigenvalue weighted by Gasteiger charge is -2.41. The van der Waals surface area contributed by atoms with Gasteiger partial charge in [0.05, 0.1) is 6.10 Å². The molecule has 1 saturated heterocycles. The fraction of sp³-hybridized carbons (Fsp3) is 0.833. The number of aliphatic hydroxyl groups excluding tert-OH is 1. The van der Waals surface area contributed by atoms with Gasteiger partial charge < -0.3 is 21.5 Å². The Labute approximate surface area is 106 Å². The van der Waals surface area contributed by atoms with Crippen molar-refractivity contribution in [1.82, 2.24) is 4.90 Å². The second kappa shape index (κ2) is 4.85. The first-order valence-corrected chi connectivity index (χ1v) is 6.44. The van der Waals surface area contributed by atoms with Gasteiger partial charge in [-0.3, -0.25) is 9.59 Å². The highest BCUT2D eigenvalue weighted by Crippen LogP contribution is 2.43. The van der Waals surface area contributed by atoms with Gasteiger partial charge in [0, 0.05) is 19.4 Å². The van der Waals surface area contributed by atoms with E-state index in [1.54, 1.807) is 0 Å². The molecule has 18 heavy (non-hydrogen) atoms. The van der Waals surface area contributed by atoms with E-state index in [-0.39, 0.29) is 24.3 Å². The van der Waals surface area contributed by atoms with E-state index in [9.17, 15) is 14.7 Å². The van der Waals surface area contributed by atoms with E-state index in [4.69, 9.17) is 11.5 Å². The number of amides is 2. The van der Waals surface area contributed by atoms with Crippen molar-refractivity contribution in [3.05, 3.63) is 0 Å². The number of primary amides is 1. The van der Waals surface area contributed by atoms with E-state index in [1.807, 2.05) is 0 Å². The zero-order valence-corrected chi connectivity index (χ0v) is 10.5. The zero-order valence-electron chi connectivity index (χ0n) is 10.5. The van der Waals surface area contributed by atoms with E-state index in [0.717, 1.165) is 19.3 Å². The Morgan fingerprint density at radius 1 is 1.39 bits per heavy atom. The number of hydrogen-bond donors (Lipinski definition) is 3. The molecule has 2 fully saturated rings. The number of nitrogens with two attached hydrogens (primary N) is 2.